The molecule has 0 bridgehead atoms. The molecule has 0 aliphatic rings. The number of nitrogens with zero attached hydrogens (tertiary/aromatic N) is 1. The van der Waals surface area contributed by atoms with Gasteiger partial charge in [0.15, 0.2) is 0 Å². The number of rotatable bonds is 7. The van der Waals surface area contributed by atoms with Crippen molar-refractivity contribution in [2.24, 2.45) is 5.92 Å². The first-order chi connectivity index (χ1) is 14.3. The van der Waals surface area contributed by atoms with Gasteiger partial charge in [-0.15, -0.1) is 11.3 Å². The molecule has 0 saturated carbocycles. The molecule has 0 aliphatic carbocycles. The molecule has 1 atom stereocenters. The van der Waals surface area contributed by atoms with Gasteiger partial charge >= 0.3 is 0 Å². The lowest BCUT2D eigenvalue weighted by molar-refractivity contribution is -0.118. The number of benzene rings is 2. The largest absolute Gasteiger partial charge is 0.340 e. The molecule has 0 fully saturated rings. The molecule has 3 aromatic rings. The third kappa shape index (κ3) is 5.54. The van der Waals surface area contributed by atoms with E-state index in [1.54, 1.807) is 17.4 Å². The highest BCUT2D eigenvalue weighted by atomic mass is 32.1. The van der Waals surface area contributed by atoms with Gasteiger partial charge in [0, 0.05) is 22.2 Å². The quantitative estimate of drug-likeness (QED) is 0.550. The smallest absolute Gasteiger partial charge is 0.252 e. The van der Waals surface area contributed by atoms with Crippen LogP contribution >= 0.6 is 11.3 Å². The predicted octanol–water partition coefficient (Wildman–Crippen LogP) is 5.21. The Morgan fingerprint density at radius 2 is 1.73 bits per heavy atom. The molecule has 0 aliphatic heterocycles. The molecule has 0 spiro atoms. The Hall–Kier alpha value is -2.99. The second kappa shape index (κ2) is 9.67. The molecule has 0 saturated heterocycles. The van der Waals surface area contributed by atoms with E-state index in [1.807, 2.05) is 75.5 Å². The van der Waals surface area contributed by atoms with E-state index in [9.17, 15) is 9.59 Å². The molecule has 2 amide bonds. The predicted molar refractivity (Wildman–Crippen MR) is 123 cm³/mol. The van der Waals surface area contributed by atoms with Crippen molar-refractivity contribution < 1.29 is 9.59 Å². The maximum absolute atomic E-state index is 12.9. The summed E-state index contributed by atoms with van der Waals surface area (Å²) >= 11 is 1.61. The number of thiazole rings is 1. The van der Waals surface area contributed by atoms with Crippen LogP contribution in [0.3, 0.4) is 0 Å². The van der Waals surface area contributed by atoms with Crippen LogP contribution < -0.4 is 10.6 Å². The number of nitrogens with one attached hydrogen (secondary N) is 2. The summed E-state index contributed by atoms with van der Waals surface area (Å²) in [5.74, 6) is -0.195. The van der Waals surface area contributed by atoms with Crippen LogP contribution in [0.2, 0.25) is 0 Å². The molecule has 6 heteroatoms. The SMILES string of the molecule is Cc1nc(-c2ccc(NC(=O)[C@@H](CC(C)C)NC(=O)c3ccccc3C)cc2)cs1. The van der Waals surface area contributed by atoms with Crippen molar-refractivity contribution >= 4 is 28.8 Å². The highest BCUT2D eigenvalue weighted by molar-refractivity contribution is 7.09. The van der Waals surface area contributed by atoms with E-state index >= 15 is 0 Å². The summed E-state index contributed by atoms with van der Waals surface area (Å²) in [5, 5.41) is 8.87. The first-order valence-corrected chi connectivity index (χ1v) is 10.9. The van der Waals surface area contributed by atoms with Crippen LogP contribution in [0.15, 0.2) is 53.9 Å². The van der Waals surface area contributed by atoms with Crippen LogP contribution in [-0.4, -0.2) is 22.8 Å². The molecule has 1 heterocycles. The molecule has 2 N–H and O–H groups in total. The Morgan fingerprint density at radius 3 is 2.33 bits per heavy atom. The van der Waals surface area contributed by atoms with Crippen molar-refractivity contribution in [3.05, 3.63) is 70.0 Å². The van der Waals surface area contributed by atoms with Gasteiger partial charge in [0.25, 0.3) is 5.91 Å². The van der Waals surface area contributed by atoms with Crippen LogP contribution in [0.25, 0.3) is 11.3 Å². The normalized spacial score (nSPS) is 11.9. The zero-order chi connectivity index (χ0) is 21.7. The van der Waals surface area contributed by atoms with E-state index in [1.165, 1.54) is 0 Å². The number of aryl methyl sites for hydroxylation is 2. The lowest BCUT2D eigenvalue weighted by atomic mass is 10.0. The number of hydrogen-bond donors (Lipinski definition) is 2. The molecular weight excluding hydrogens is 394 g/mol. The van der Waals surface area contributed by atoms with E-state index < -0.39 is 6.04 Å². The second-order valence-corrected chi connectivity index (χ2v) is 8.85. The van der Waals surface area contributed by atoms with Gasteiger partial charge in [0.2, 0.25) is 5.91 Å². The van der Waals surface area contributed by atoms with E-state index in [-0.39, 0.29) is 17.7 Å². The second-order valence-electron chi connectivity index (χ2n) is 7.79. The fraction of sp³-hybridized carbons (Fsp3) is 0.292. The maximum Gasteiger partial charge on any atom is 0.252 e. The van der Waals surface area contributed by atoms with Crippen LogP contribution in [0.1, 0.15) is 41.2 Å². The Morgan fingerprint density at radius 1 is 1.03 bits per heavy atom. The van der Waals surface area contributed by atoms with Crippen molar-refractivity contribution in [1.82, 2.24) is 10.3 Å². The number of anilines is 1. The standard InChI is InChI=1S/C24H27N3O2S/c1-15(2)13-21(27-23(28)20-8-6-5-7-16(20)3)24(29)26-19-11-9-18(10-12-19)22-14-30-17(4)25-22/h5-12,14-15,21H,13H2,1-4H3,(H,26,29)(H,27,28)/t21-/m1/s1. The molecule has 5 nitrogen and oxygen atoms in total. The summed E-state index contributed by atoms with van der Waals surface area (Å²) in [6, 6.07) is 14.4. The van der Waals surface area contributed by atoms with Crippen LogP contribution in [0.4, 0.5) is 5.69 Å². The number of carbonyl (C=O) groups is 2. The van der Waals surface area contributed by atoms with Gasteiger partial charge in [-0.3, -0.25) is 9.59 Å². The number of aromatic nitrogens is 1. The van der Waals surface area contributed by atoms with Crippen LogP contribution in [0.5, 0.6) is 0 Å². The molecule has 3 rings (SSSR count). The third-order valence-electron chi connectivity index (χ3n) is 4.79. The van der Waals surface area contributed by atoms with Crippen LogP contribution in [0, 0.1) is 19.8 Å². The molecule has 1 aromatic heterocycles. The van der Waals surface area contributed by atoms with Gasteiger partial charge in [-0.2, -0.15) is 0 Å². The Balaban J connectivity index is 1.70. The zero-order valence-corrected chi connectivity index (χ0v) is 18.5. The van der Waals surface area contributed by atoms with E-state index in [0.29, 0.717) is 17.7 Å². The fourth-order valence-electron chi connectivity index (χ4n) is 3.22. The molecule has 156 valence electrons. The molecule has 2 aromatic carbocycles. The Labute approximate surface area is 181 Å². The highest BCUT2D eigenvalue weighted by Crippen LogP contribution is 2.23. The van der Waals surface area contributed by atoms with E-state index in [2.05, 4.69) is 15.6 Å². The summed E-state index contributed by atoms with van der Waals surface area (Å²) < 4.78 is 0. The monoisotopic (exact) mass is 421 g/mol. The van der Waals surface area contributed by atoms with Crippen molar-refractivity contribution in [2.75, 3.05) is 5.32 Å². The van der Waals surface area contributed by atoms with Gasteiger partial charge < -0.3 is 10.6 Å². The lowest BCUT2D eigenvalue weighted by Gasteiger charge is -2.21. The van der Waals surface area contributed by atoms with Crippen LogP contribution in [-0.2, 0) is 4.79 Å². The summed E-state index contributed by atoms with van der Waals surface area (Å²) in [4.78, 5) is 30.1. The number of hydrogen-bond acceptors (Lipinski definition) is 4. The highest BCUT2D eigenvalue weighted by Gasteiger charge is 2.23. The molecule has 0 unspecified atom stereocenters. The minimum absolute atomic E-state index is 0.220. The summed E-state index contributed by atoms with van der Waals surface area (Å²) in [6.07, 6.45) is 0.555. The number of carbonyl (C=O) groups excluding carboxylic acids is 2. The summed E-state index contributed by atoms with van der Waals surface area (Å²) in [6.45, 7) is 7.93. The van der Waals surface area contributed by atoms with Gasteiger partial charge in [-0.1, -0.05) is 44.2 Å². The maximum atomic E-state index is 12.9. The van der Waals surface area contributed by atoms with Gasteiger partial charge in [-0.25, -0.2) is 4.98 Å². The summed E-state index contributed by atoms with van der Waals surface area (Å²) in [7, 11) is 0. The molecule has 0 radical (unpaired) electrons. The molecule has 30 heavy (non-hydrogen) atoms. The van der Waals surface area contributed by atoms with Gasteiger partial charge in [-0.05, 0) is 49.9 Å². The van der Waals surface area contributed by atoms with E-state index in [0.717, 1.165) is 21.8 Å². The topological polar surface area (TPSA) is 71.1 Å². The first-order valence-electron chi connectivity index (χ1n) is 10.0. The average Bonchev–Trinajstić information content (AvgIpc) is 3.14. The van der Waals surface area contributed by atoms with Crippen molar-refractivity contribution in [2.45, 2.75) is 40.2 Å². The van der Waals surface area contributed by atoms with Crippen molar-refractivity contribution in [3.63, 3.8) is 0 Å². The molecular formula is C24H27N3O2S. The summed E-state index contributed by atoms with van der Waals surface area (Å²) in [5.41, 5.74) is 4.09. The third-order valence-corrected chi connectivity index (χ3v) is 5.56. The Kier molecular flexibility index (Phi) is 7.00. The lowest BCUT2D eigenvalue weighted by Crippen LogP contribution is -2.44. The fourth-order valence-corrected chi connectivity index (χ4v) is 3.84. The average molecular weight is 422 g/mol. The Bertz CT molecular complexity index is 1020. The van der Waals surface area contributed by atoms with Crippen molar-refractivity contribution in [3.8, 4) is 11.3 Å². The number of amides is 2. The van der Waals surface area contributed by atoms with Gasteiger partial charge in [0.05, 0.1) is 10.7 Å². The minimum atomic E-state index is -0.613. The van der Waals surface area contributed by atoms with Gasteiger partial charge in [0.1, 0.15) is 6.04 Å². The zero-order valence-electron chi connectivity index (χ0n) is 17.7. The van der Waals surface area contributed by atoms with E-state index in [4.69, 9.17) is 0 Å². The first kappa shape index (κ1) is 21.7. The van der Waals surface area contributed by atoms with Crippen molar-refractivity contribution in [1.29, 1.82) is 0 Å². The minimum Gasteiger partial charge on any atom is -0.340 e.